The molecule has 6 aromatic carbocycles. The Morgan fingerprint density at radius 2 is 1.31 bits per heavy atom. The van der Waals surface area contributed by atoms with Crippen LogP contribution < -0.4 is 5.43 Å². The Morgan fingerprint density at radius 3 is 2.17 bits per heavy atom. The molecule has 0 unspecified atom stereocenters. The number of rotatable bonds is 5. The molecular weight excluding hydrogens is 592 g/mol. The van der Waals surface area contributed by atoms with E-state index in [0.717, 1.165) is 66.2 Å². The van der Waals surface area contributed by atoms with Crippen molar-refractivity contribution in [3.8, 4) is 34.2 Å². The van der Waals surface area contributed by atoms with Crippen molar-refractivity contribution in [1.82, 2.24) is 15.0 Å². The van der Waals surface area contributed by atoms with Gasteiger partial charge in [-0.25, -0.2) is 15.0 Å². The number of hydrogen-bond acceptors (Lipinski definition) is 7. The summed E-state index contributed by atoms with van der Waals surface area (Å²) in [6.45, 7) is 0. The van der Waals surface area contributed by atoms with Crippen LogP contribution >= 0.6 is 0 Å². The highest BCUT2D eigenvalue weighted by molar-refractivity contribution is 6.55. The predicted octanol–water partition coefficient (Wildman–Crippen LogP) is 9.79. The van der Waals surface area contributed by atoms with E-state index < -0.39 is 0 Å². The number of nitrogens with one attached hydrogen (secondary N) is 2. The first-order valence-corrected chi connectivity index (χ1v) is 15.6. The fourth-order valence-electron chi connectivity index (χ4n) is 6.32. The van der Waals surface area contributed by atoms with Gasteiger partial charge in [0.05, 0.1) is 11.4 Å². The Hall–Kier alpha value is -6.73. The van der Waals surface area contributed by atoms with Gasteiger partial charge in [-0.1, -0.05) is 109 Å². The molecule has 0 fully saturated rings. The van der Waals surface area contributed by atoms with Gasteiger partial charge < -0.3 is 4.42 Å². The lowest BCUT2D eigenvalue weighted by molar-refractivity contribution is 0.669. The number of allylic oxidation sites excluding steroid dienone is 1. The van der Waals surface area contributed by atoms with E-state index in [1.807, 2.05) is 121 Å². The number of fused-ring (bicyclic) bond motifs is 6. The maximum atomic E-state index is 9.09. The third-order valence-corrected chi connectivity index (χ3v) is 8.63. The maximum absolute atomic E-state index is 9.09. The van der Waals surface area contributed by atoms with Crippen LogP contribution in [-0.4, -0.2) is 26.4 Å². The average molecular weight is 619 g/mol. The lowest BCUT2D eigenvalue weighted by Gasteiger charge is -2.17. The third-order valence-electron chi connectivity index (χ3n) is 8.63. The molecule has 2 aromatic heterocycles. The first-order valence-electron chi connectivity index (χ1n) is 15.6. The van der Waals surface area contributed by atoms with Crippen molar-refractivity contribution < 1.29 is 4.42 Å². The summed E-state index contributed by atoms with van der Waals surface area (Å²) in [7, 11) is 0. The molecule has 226 valence electrons. The Bertz CT molecular complexity index is 2600. The van der Waals surface area contributed by atoms with Gasteiger partial charge in [-0.2, -0.15) is 5.10 Å². The first-order chi connectivity index (χ1) is 23.7. The maximum Gasteiger partial charge on any atom is 0.164 e. The van der Waals surface area contributed by atoms with Crippen molar-refractivity contribution in [2.45, 2.75) is 0 Å². The van der Waals surface area contributed by atoms with Gasteiger partial charge in [0.1, 0.15) is 16.9 Å². The molecule has 0 radical (unpaired) electrons. The van der Waals surface area contributed by atoms with Gasteiger partial charge in [0.15, 0.2) is 17.5 Å². The summed E-state index contributed by atoms with van der Waals surface area (Å²) in [5, 5.41) is 17.6. The standard InChI is InChI=1S/C41H26N6O/c42-38-33(47-46-29-12-5-2-6-13-29)23-21-25-18-19-27-24-28(20-22-30(27)36(25)38)40-43-39(26-10-3-1-4-11-26)44-41(45-40)32-15-9-17-35-37(32)31-14-7-8-16-34(31)48-35/h1-24,42,46H/b42-38?,47-33-. The number of para-hydroxylation sites is 2. The number of nitrogens with zero attached hydrogens (tertiary/aromatic N) is 4. The number of hydrogen-bond donors (Lipinski definition) is 2. The zero-order valence-corrected chi connectivity index (χ0v) is 25.6. The molecule has 0 bridgehead atoms. The molecule has 0 aliphatic heterocycles. The van der Waals surface area contributed by atoms with Crippen LogP contribution in [0.2, 0.25) is 0 Å². The summed E-state index contributed by atoms with van der Waals surface area (Å²) < 4.78 is 6.19. The Morgan fingerprint density at radius 1 is 0.583 bits per heavy atom. The van der Waals surface area contributed by atoms with Gasteiger partial charge in [0.25, 0.3) is 0 Å². The molecule has 7 heteroatoms. The van der Waals surface area contributed by atoms with E-state index in [-0.39, 0.29) is 0 Å². The molecule has 0 saturated carbocycles. The summed E-state index contributed by atoms with van der Waals surface area (Å²) in [5.41, 5.74) is 10.9. The summed E-state index contributed by atoms with van der Waals surface area (Å²) in [6.07, 6.45) is 3.89. The van der Waals surface area contributed by atoms with E-state index >= 15 is 0 Å². The fraction of sp³-hybridized carbons (Fsp3) is 0. The lowest BCUT2D eigenvalue weighted by Crippen LogP contribution is -2.18. The number of aromatic nitrogens is 3. The lowest BCUT2D eigenvalue weighted by atomic mass is 9.89. The van der Waals surface area contributed by atoms with Gasteiger partial charge >= 0.3 is 0 Å². The van der Waals surface area contributed by atoms with Gasteiger partial charge in [0, 0.05) is 33.0 Å². The van der Waals surface area contributed by atoms with Crippen molar-refractivity contribution >= 4 is 55.9 Å². The summed E-state index contributed by atoms with van der Waals surface area (Å²) in [6, 6.07) is 44.0. The third kappa shape index (κ3) is 4.73. The van der Waals surface area contributed by atoms with Gasteiger partial charge in [-0.3, -0.25) is 10.8 Å². The van der Waals surface area contributed by atoms with Gasteiger partial charge in [-0.15, -0.1) is 0 Å². The first kappa shape index (κ1) is 27.6. The van der Waals surface area contributed by atoms with Crippen molar-refractivity contribution in [3.63, 3.8) is 0 Å². The smallest absolute Gasteiger partial charge is 0.164 e. The second kappa shape index (κ2) is 11.3. The van der Waals surface area contributed by atoms with E-state index in [0.29, 0.717) is 28.9 Å². The van der Waals surface area contributed by atoms with E-state index in [1.165, 1.54) is 0 Å². The topological polar surface area (TPSA) is 100 Å². The summed E-state index contributed by atoms with van der Waals surface area (Å²) in [5.74, 6) is 1.72. The van der Waals surface area contributed by atoms with Crippen LogP contribution in [-0.2, 0) is 0 Å². The molecule has 7 nitrogen and oxygen atoms in total. The van der Waals surface area contributed by atoms with Crippen molar-refractivity contribution in [3.05, 3.63) is 151 Å². The highest BCUT2D eigenvalue weighted by Crippen LogP contribution is 2.37. The van der Waals surface area contributed by atoms with E-state index in [2.05, 4.69) is 34.8 Å². The molecular formula is C41H26N6O. The zero-order valence-electron chi connectivity index (χ0n) is 25.6. The average Bonchev–Trinajstić information content (AvgIpc) is 3.54. The van der Waals surface area contributed by atoms with Crippen molar-refractivity contribution in [1.29, 1.82) is 5.41 Å². The molecule has 1 aliphatic carbocycles. The molecule has 9 rings (SSSR count). The monoisotopic (exact) mass is 618 g/mol. The number of furan rings is 1. The second-order valence-corrected chi connectivity index (χ2v) is 11.6. The SMILES string of the molecule is N=C1/C(=N\Nc2ccccc2)C=Cc2ccc3cc(-c4nc(-c5ccccc5)nc(-c5cccc6oc7ccccc7c56)n4)ccc3c21. The van der Waals surface area contributed by atoms with Crippen LogP contribution in [0.4, 0.5) is 5.69 Å². The molecule has 0 atom stereocenters. The number of hydrazone groups is 1. The van der Waals surface area contributed by atoms with Crippen molar-refractivity contribution in [2.24, 2.45) is 5.10 Å². The van der Waals surface area contributed by atoms with Crippen LogP contribution in [0.5, 0.6) is 0 Å². The Kier molecular flexibility index (Phi) is 6.47. The van der Waals surface area contributed by atoms with Crippen LogP contribution in [0.15, 0.2) is 149 Å². The van der Waals surface area contributed by atoms with Crippen LogP contribution in [0.3, 0.4) is 0 Å². The highest BCUT2D eigenvalue weighted by atomic mass is 16.3. The van der Waals surface area contributed by atoms with Crippen LogP contribution in [0, 0.1) is 5.41 Å². The molecule has 0 spiro atoms. The van der Waals surface area contributed by atoms with E-state index in [1.54, 1.807) is 0 Å². The minimum Gasteiger partial charge on any atom is -0.456 e. The number of benzene rings is 6. The second-order valence-electron chi connectivity index (χ2n) is 11.6. The molecule has 0 amide bonds. The largest absolute Gasteiger partial charge is 0.456 e. The van der Waals surface area contributed by atoms with Gasteiger partial charge in [0.2, 0.25) is 0 Å². The fourth-order valence-corrected chi connectivity index (χ4v) is 6.32. The minimum atomic E-state index is 0.364. The zero-order chi connectivity index (χ0) is 32.0. The summed E-state index contributed by atoms with van der Waals surface area (Å²) >= 11 is 0. The van der Waals surface area contributed by atoms with Crippen LogP contribution in [0.1, 0.15) is 11.1 Å². The summed E-state index contributed by atoms with van der Waals surface area (Å²) in [4.78, 5) is 15.0. The minimum absolute atomic E-state index is 0.364. The highest BCUT2D eigenvalue weighted by Gasteiger charge is 2.21. The van der Waals surface area contributed by atoms with E-state index in [9.17, 15) is 0 Å². The normalized spacial score (nSPS) is 13.4. The molecule has 48 heavy (non-hydrogen) atoms. The van der Waals surface area contributed by atoms with Gasteiger partial charge in [-0.05, 0) is 52.7 Å². The Labute approximate surface area is 275 Å². The van der Waals surface area contributed by atoms with Crippen molar-refractivity contribution in [2.75, 3.05) is 5.43 Å². The predicted molar refractivity (Wildman–Crippen MR) is 194 cm³/mol. The Balaban J connectivity index is 1.17. The molecule has 2 N–H and O–H groups in total. The quantitative estimate of drug-likeness (QED) is 0.187. The van der Waals surface area contributed by atoms with Crippen LogP contribution in [0.25, 0.3) is 73.0 Å². The van der Waals surface area contributed by atoms with E-state index in [4.69, 9.17) is 24.8 Å². The molecule has 2 heterocycles. The molecule has 8 aromatic rings. The molecule has 0 saturated heterocycles. The molecule has 1 aliphatic rings. The number of anilines is 1.